The van der Waals surface area contributed by atoms with Crippen LogP contribution in [-0.2, 0) is 13.2 Å². The van der Waals surface area contributed by atoms with Crippen LogP contribution >= 0.6 is 11.8 Å². The van der Waals surface area contributed by atoms with Crippen LogP contribution in [0.3, 0.4) is 0 Å². The maximum absolute atomic E-state index is 13.2. The maximum atomic E-state index is 13.2. The average molecular weight is 486 g/mol. The molecule has 4 aromatic carbocycles. The lowest BCUT2D eigenvalue weighted by Gasteiger charge is -2.15. The molecule has 0 spiro atoms. The van der Waals surface area contributed by atoms with Crippen LogP contribution in [0.15, 0.2) is 96.2 Å². The average Bonchev–Trinajstić information content (AvgIpc) is 3.38. The summed E-state index contributed by atoms with van der Waals surface area (Å²) in [6, 6.07) is 28.6. The minimum atomic E-state index is -0.250. The second-order valence-electron chi connectivity index (χ2n) is 7.91. The Bertz CT molecular complexity index is 1390. The van der Waals surface area contributed by atoms with E-state index in [1.165, 1.54) is 12.1 Å². The molecule has 0 atom stereocenters. The molecule has 0 unspecified atom stereocenters. The fourth-order valence-electron chi connectivity index (χ4n) is 3.80. The highest BCUT2D eigenvalue weighted by molar-refractivity contribution is 7.99. The number of ether oxygens (including phenoxy) is 1. The highest BCUT2D eigenvalue weighted by Crippen LogP contribution is 2.29. The summed E-state index contributed by atoms with van der Waals surface area (Å²) in [5.74, 6) is 1.38. The van der Waals surface area contributed by atoms with Gasteiger partial charge in [0, 0.05) is 24.4 Å². The Balaban J connectivity index is 1.23. The quantitative estimate of drug-likeness (QED) is 0.211. The first-order chi connectivity index (χ1) is 17.3. The number of nitrogens with zero attached hydrogens (tertiary/aromatic N) is 4. The molecule has 35 heavy (non-hydrogen) atoms. The topological polar surface area (TPSA) is 64.9 Å². The first-order valence-electron chi connectivity index (χ1n) is 11.3. The summed E-state index contributed by atoms with van der Waals surface area (Å²) in [5.41, 5.74) is 2.96. The van der Waals surface area contributed by atoms with Crippen LogP contribution in [0.25, 0.3) is 16.5 Å². The van der Waals surface area contributed by atoms with Gasteiger partial charge in [0.25, 0.3) is 0 Å². The van der Waals surface area contributed by atoms with Crippen molar-refractivity contribution in [2.75, 3.05) is 12.3 Å². The van der Waals surface area contributed by atoms with E-state index in [9.17, 15) is 4.39 Å². The molecule has 1 heterocycles. The number of para-hydroxylation sites is 1. The van der Waals surface area contributed by atoms with Crippen LogP contribution in [0.4, 0.5) is 4.39 Å². The number of aromatic nitrogens is 4. The van der Waals surface area contributed by atoms with Crippen molar-refractivity contribution >= 4 is 22.5 Å². The molecule has 0 fully saturated rings. The van der Waals surface area contributed by atoms with E-state index in [1.807, 2.05) is 48.5 Å². The van der Waals surface area contributed by atoms with Crippen molar-refractivity contribution in [3.05, 3.63) is 108 Å². The van der Waals surface area contributed by atoms with E-state index >= 15 is 0 Å². The van der Waals surface area contributed by atoms with Gasteiger partial charge in [0.2, 0.25) is 5.16 Å². The molecule has 0 saturated carbocycles. The van der Waals surface area contributed by atoms with Gasteiger partial charge in [0.15, 0.2) is 0 Å². The molecule has 0 amide bonds. The van der Waals surface area contributed by atoms with Crippen LogP contribution in [0.2, 0.25) is 0 Å². The molecule has 0 aliphatic carbocycles. The van der Waals surface area contributed by atoms with Crippen LogP contribution in [0.1, 0.15) is 11.1 Å². The molecule has 1 aromatic heterocycles. The largest absolute Gasteiger partial charge is 0.489 e. The van der Waals surface area contributed by atoms with Gasteiger partial charge in [-0.15, -0.1) is 5.10 Å². The van der Waals surface area contributed by atoms with Crippen LogP contribution < -0.4 is 10.1 Å². The van der Waals surface area contributed by atoms with Crippen molar-refractivity contribution in [3.8, 4) is 11.4 Å². The number of hydrogen-bond donors (Lipinski definition) is 1. The molecule has 0 aliphatic rings. The van der Waals surface area contributed by atoms with E-state index in [-0.39, 0.29) is 5.82 Å². The summed E-state index contributed by atoms with van der Waals surface area (Å²) in [6.45, 7) is 1.81. The molecular weight excluding hydrogens is 461 g/mol. The van der Waals surface area contributed by atoms with E-state index in [0.717, 1.165) is 50.8 Å². The van der Waals surface area contributed by atoms with Crippen LogP contribution in [-0.4, -0.2) is 32.5 Å². The molecule has 0 aliphatic heterocycles. The van der Waals surface area contributed by atoms with Crippen molar-refractivity contribution < 1.29 is 9.13 Å². The Kier molecular flexibility index (Phi) is 7.31. The second kappa shape index (κ2) is 11.1. The van der Waals surface area contributed by atoms with Gasteiger partial charge < -0.3 is 10.1 Å². The zero-order valence-electron chi connectivity index (χ0n) is 19.0. The zero-order chi connectivity index (χ0) is 23.9. The zero-order valence-corrected chi connectivity index (χ0v) is 19.8. The molecule has 0 saturated heterocycles. The first-order valence-corrected chi connectivity index (χ1v) is 12.3. The van der Waals surface area contributed by atoms with E-state index < -0.39 is 0 Å². The SMILES string of the molecule is Fc1ccc(COc2ccc3ccccc3c2CNCCSc2nnnn2-c2ccccc2)cc1. The number of rotatable bonds is 10. The normalized spacial score (nSPS) is 11.1. The van der Waals surface area contributed by atoms with E-state index in [2.05, 4.69) is 39.0 Å². The second-order valence-corrected chi connectivity index (χ2v) is 8.97. The molecular formula is C27H24FN5OS. The van der Waals surface area contributed by atoms with Gasteiger partial charge in [-0.05, 0) is 57.1 Å². The molecule has 176 valence electrons. The number of halogens is 1. The highest BCUT2D eigenvalue weighted by atomic mass is 32.2. The number of benzene rings is 4. The Morgan fingerprint density at radius 1 is 0.886 bits per heavy atom. The molecule has 1 N–H and O–H groups in total. The fourth-order valence-corrected chi connectivity index (χ4v) is 4.59. The number of tetrazole rings is 1. The van der Waals surface area contributed by atoms with Crippen LogP contribution in [0.5, 0.6) is 5.75 Å². The van der Waals surface area contributed by atoms with Crippen molar-refractivity contribution in [2.24, 2.45) is 0 Å². The standard InChI is InChI=1S/C27H24FN5OS/c28-22-13-10-20(11-14-22)19-34-26-15-12-21-6-4-5-9-24(21)25(26)18-29-16-17-35-27-30-31-32-33(27)23-7-2-1-3-8-23/h1-15,29H,16-19H2. The Morgan fingerprint density at radius 2 is 1.69 bits per heavy atom. The van der Waals surface area contributed by atoms with Gasteiger partial charge >= 0.3 is 0 Å². The monoisotopic (exact) mass is 485 g/mol. The van der Waals surface area contributed by atoms with Gasteiger partial charge in [-0.25, -0.2) is 4.39 Å². The molecule has 6 nitrogen and oxygen atoms in total. The third-order valence-corrected chi connectivity index (χ3v) is 6.48. The van der Waals surface area contributed by atoms with E-state index in [1.54, 1.807) is 28.6 Å². The molecule has 5 aromatic rings. The summed E-state index contributed by atoms with van der Waals surface area (Å²) in [5, 5.41) is 18.7. The van der Waals surface area contributed by atoms with Crippen molar-refractivity contribution in [3.63, 3.8) is 0 Å². The number of nitrogens with one attached hydrogen (secondary N) is 1. The number of fused-ring (bicyclic) bond motifs is 1. The highest BCUT2D eigenvalue weighted by Gasteiger charge is 2.11. The summed E-state index contributed by atoms with van der Waals surface area (Å²) >= 11 is 1.60. The summed E-state index contributed by atoms with van der Waals surface area (Å²) in [6.07, 6.45) is 0. The van der Waals surface area contributed by atoms with Crippen molar-refractivity contribution in [1.29, 1.82) is 0 Å². The predicted molar refractivity (Wildman–Crippen MR) is 136 cm³/mol. The third-order valence-electron chi connectivity index (χ3n) is 5.56. The lowest BCUT2D eigenvalue weighted by Crippen LogP contribution is -2.18. The maximum Gasteiger partial charge on any atom is 0.214 e. The predicted octanol–water partition coefficient (Wildman–Crippen LogP) is 5.42. The number of thioether (sulfide) groups is 1. The molecule has 0 radical (unpaired) electrons. The van der Waals surface area contributed by atoms with Crippen molar-refractivity contribution in [2.45, 2.75) is 18.3 Å². The smallest absolute Gasteiger partial charge is 0.214 e. The van der Waals surface area contributed by atoms with E-state index in [0.29, 0.717) is 13.2 Å². The minimum Gasteiger partial charge on any atom is -0.489 e. The molecule has 0 bridgehead atoms. The number of hydrogen-bond acceptors (Lipinski definition) is 6. The molecule has 5 rings (SSSR count). The van der Waals surface area contributed by atoms with Gasteiger partial charge in [-0.1, -0.05) is 72.4 Å². The first kappa shape index (κ1) is 23.0. The minimum absolute atomic E-state index is 0.250. The van der Waals surface area contributed by atoms with E-state index in [4.69, 9.17) is 4.74 Å². The lowest BCUT2D eigenvalue weighted by atomic mass is 10.0. The summed E-state index contributed by atoms with van der Waals surface area (Å²) in [7, 11) is 0. The van der Waals surface area contributed by atoms with Gasteiger partial charge in [-0.3, -0.25) is 0 Å². The Morgan fingerprint density at radius 3 is 2.54 bits per heavy atom. The van der Waals surface area contributed by atoms with Gasteiger partial charge in [0.1, 0.15) is 18.2 Å². The van der Waals surface area contributed by atoms with Gasteiger partial charge in [0.05, 0.1) is 5.69 Å². The molecule has 8 heteroatoms. The summed E-state index contributed by atoms with van der Waals surface area (Å²) in [4.78, 5) is 0. The third kappa shape index (κ3) is 5.67. The fraction of sp³-hybridized carbons (Fsp3) is 0.148. The van der Waals surface area contributed by atoms with Crippen LogP contribution in [0, 0.1) is 5.82 Å². The lowest BCUT2D eigenvalue weighted by molar-refractivity contribution is 0.302. The Hall–Kier alpha value is -3.75. The Labute approximate surface area is 207 Å². The van der Waals surface area contributed by atoms with Crippen molar-refractivity contribution in [1.82, 2.24) is 25.5 Å². The summed E-state index contributed by atoms with van der Waals surface area (Å²) < 4.78 is 21.1. The van der Waals surface area contributed by atoms with Gasteiger partial charge in [-0.2, -0.15) is 4.68 Å².